The van der Waals surface area contributed by atoms with Crippen molar-refractivity contribution in [1.82, 2.24) is 0 Å². The van der Waals surface area contributed by atoms with Gasteiger partial charge in [0.2, 0.25) is 12.3 Å². The molecule has 0 aliphatic carbocycles. The van der Waals surface area contributed by atoms with Gasteiger partial charge in [0.25, 0.3) is 11.4 Å². The van der Waals surface area contributed by atoms with Gasteiger partial charge in [-0.15, -0.1) is 0 Å². The largest absolute Gasteiger partial charge is 1.00 e. The first kappa shape index (κ1) is 17.5. The lowest BCUT2D eigenvalue weighted by Gasteiger charge is -2.03. The average molecular weight is 366 g/mol. The zero-order valence-electron chi connectivity index (χ0n) is 11.3. The molecule has 1 heterocycles. The van der Waals surface area contributed by atoms with Gasteiger partial charge < -0.3 is 27.2 Å². The molecule has 114 valence electrons. The van der Waals surface area contributed by atoms with Crippen molar-refractivity contribution < 1.29 is 46.1 Å². The lowest BCUT2D eigenvalue weighted by Crippen LogP contribution is -3.00. The number of carbonyl (C=O) groups is 3. The van der Waals surface area contributed by atoms with Crippen molar-refractivity contribution in [1.29, 1.82) is 0 Å². The molecule has 2 N–H and O–H groups in total. The minimum atomic E-state index is -1.29. The number of nitrogens with zero attached hydrogens (tertiary/aromatic N) is 1. The number of pyridine rings is 1. The van der Waals surface area contributed by atoms with E-state index in [2.05, 4.69) is 0 Å². The highest BCUT2D eigenvalue weighted by atomic mass is 79.9. The fraction of sp³-hybridized carbons (Fsp3) is 0.0667. The number of halogens is 1. The summed E-state index contributed by atoms with van der Waals surface area (Å²) in [5.41, 5.74) is -0.111. The quantitative estimate of drug-likeness (QED) is 0.484. The van der Waals surface area contributed by atoms with Gasteiger partial charge in [-0.1, -0.05) is 30.3 Å². The summed E-state index contributed by atoms with van der Waals surface area (Å²) in [5, 5.41) is 18.3. The highest BCUT2D eigenvalue weighted by molar-refractivity contribution is 5.95. The van der Waals surface area contributed by atoms with E-state index in [4.69, 9.17) is 10.2 Å². The van der Waals surface area contributed by atoms with Crippen LogP contribution in [-0.4, -0.2) is 27.9 Å². The topological polar surface area (TPSA) is 95.5 Å². The van der Waals surface area contributed by atoms with Gasteiger partial charge in [-0.25, -0.2) is 9.59 Å². The summed E-state index contributed by atoms with van der Waals surface area (Å²) in [6.07, 6.45) is 0. The molecule has 0 saturated carbocycles. The van der Waals surface area contributed by atoms with Crippen LogP contribution in [0, 0.1) is 0 Å². The number of aromatic carboxylic acids is 2. The van der Waals surface area contributed by atoms with Crippen LogP contribution in [-0.2, 0) is 6.54 Å². The van der Waals surface area contributed by atoms with Crippen LogP contribution in [0.25, 0.3) is 0 Å². The fourth-order valence-electron chi connectivity index (χ4n) is 1.94. The molecule has 0 fully saturated rings. The predicted octanol–water partition coefficient (Wildman–Crippen LogP) is -1.74. The first-order valence-corrected chi connectivity index (χ1v) is 6.08. The molecule has 0 amide bonds. The van der Waals surface area contributed by atoms with Gasteiger partial charge in [-0.05, 0) is 6.07 Å². The summed E-state index contributed by atoms with van der Waals surface area (Å²) in [7, 11) is 0. The highest BCUT2D eigenvalue weighted by Gasteiger charge is 2.28. The van der Waals surface area contributed by atoms with E-state index in [0.717, 1.165) is 4.57 Å². The van der Waals surface area contributed by atoms with Gasteiger partial charge in [0.1, 0.15) is 0 Å². The Morgan fingerprint density at radius 3 is 1.77 bits per heavy atom. The molecule has 0 bridgehead atoms. The van der Waals surface area contributed by atoms with Crippen LogP contribution in [0.15, 0.2) is 48.5 Å². The highest BCUT2D eigenvalue weighted by Crippen LogP contribution is 2.03. The van der Waals surface area contributed by atoms with Crippen molar-refractivity contribution in [3.63, 3.8) is 0 Å². The van der Waals surface area contributed by atoms with Gasteiger partial charge in [0.05, 0.1) is 0 Å². The summed E-state index contributed by atoms with van der Waals surface area (Å²) in [4.78, 5) is 34.5. The molecule has 22 heavy (non-hydrogen) atoms. The fourth-order valence-corrected chi connectivity index (χ4v) is 1.94. The molecule has 2 aromatic rings. The van der Waals surface area contributed by atoms with Crippen LogP contribution >= 0.6 is 0 Å². The van der Waals surface area contributed by atoms with E-state index in [-0.39, 0.29) is 40.7 Å². The molecule has 0 aliphatic heterocycles. The maximum Gasteiger partial charge on any atom is 0.401 e. The van der Waals surface area contributed by atoms with Crippen molar-refractivity contribution in [3.8, 4) is 0 Å². The maximum atomic E-state index is 12.2. The Bertz CT molecular complexity index is 683. The second kappa shape index (κ2) is 7.46. The van der Waals surface area contributed by atoms with Crippen LogP contribution in [0.4, 0.5) is 0 Å². The van der Waals surface area contributed by atoms with Crippen molar-refractivity contribution >= 4 is 17.7 Å². The third-order valence-corrected chi connectivity index (χ3v) is 2.93. The number of rotatable bonds is 5. The van der Waals surface area contributed by atoms with Crippen molar-refractivity contribution in [2.24, 2.45) is 0 Å². The summed E-state index contributed by atoms with van der Waals surface area (Å²) in [6.45, 7) is -0.353. The van der Waals surface area contributed by atoms with Gasteiger partial charge in [0, 0.05) is 17.7 Å². The number of hydrogen-bond acceptors (Lipinski definition) is 3. The molecule has 6 nitrogen and oxygen atoms in total. The smallest absolute Gasteiger partial charge is 0.401 e. The Labute approximate surface area is 136 Å². The molecule has 0 aliphatic rings. The molecular formula is C15H12BrNO5. The van der Waals surface area contributed by atoms with E-state index in [1.807, 2.05) is 0 Å². The van der Waals surface area contributed by atoms with Gasteiger partial charge in [-0.2, -0.15) is 4.57 Å². The standard InChI is InChI=1S/C15H11NO5.BrH/c17-13(10-5-2-1-3-6-10)9-16-11(14(18)19)7-4-8-12(16)15(20)21;/h1-8H,9H2,(H-,18,19,20,21);1H. The van der Waals surface area contributed by atoms with Crippen molar-refractivity contribution in [2.75, 3.05) is 0 Å². The van der Waals surface area contributed by atoms with Crippen LogP contribution in [0.2, 0.25) is 0 Å². The third-order valence-electron chi connectivity index (χ3n) is 2.93. The minimum absolute atomic E-state index is 0. The molecule has 7 heteroatoms. The molecule has 0 radical (unpaired) electrons. The summed E-state index contributed by atoms with van der Waals surface area (Å²) >= 11 is 0. The van der Waals surface area contributed by atoms with Crippen LogP contribution in [0.5, 0.6) is 0 Å². The SMILES string of the molecule is O=C(C[n+]1c(C(=O)O)cccc1C(=O)O)c1ccccc1.[Br-]. The number of hydrogen-bond donors (Lipinski definition) is 2. The summed E-state index contributed by atoms with van der Waals surface area (Å²) in [6, 6.07) is 12.1. The monoisotopic (exact) mass is 365 g/mol. The Hall–Kier alpha value is -2.54. The molecule has 1 aromatic carbocycles. The number of ketones is 1. The number of aromatic nitrogens is 1. The number of carboxylic acids is 2. The second-order valence-electron chi connectivity index (χ2n) is 4.28. The molecule has 2 rings (SSSR count). The maximum absolute atomic E-state index is 12.2. The van der Waals surface area contributed by atoms with E-state index < -0.39 is 11.9 Å². The Morgan fingerprint density at radius 2 is 1.32 bits per heavy atom. The van der Waals surface area contributed by atoms with E-state index in [9.17, 15) is 14.4 Å². The number of carboxylic acid groups (broad SMARTS) is 2. The van der Waals surface area contributed by atoms with Gasteiger partial charge in [-0.3, -0.25) is 4.79 Å². The molecule has 0 saturated heterocycles. The first-order valence-electron chi connectivity index (χ1n) is 6.08. The van der Waals surface area contributed by atoms with Crippen molar-refractivity contribution in [2.45, 2.75) is 6.54 Å². The molecule has 1 aromatic heterocycles. The number of benzene rings is 1. The van der Waals surface area contributed by atoms with Gasteiger partial charge in [0.15, 0.2) is 0 Å². The van der Waals surface area contributed by atoms with Crippen molar-refractivity contribution in [3.05, 3.63) is 65.5 Å². The number of carbonyl (C=O) groups excluding carboxylic acids is 1. The third kappa shape index (κ3) is 3.76. The average Bonchev–Trinajstić information content (AvgIpc) is 2.47. The Kier molecular flexibility index (Phi) is 5.94. The zero-order valence-corrected chi connectivity index (χ0v) is 12.9. The predicted molar refractivity (Wildman–Crippen MR) is 71.3 cm³/mol. The lowest BCUT2D eigenvalue weighted by atomic mass is 10.1. The minimum Gasteiger partial charge on any atom is -1.00 e. The molecule has 0 spiro atoms. The molecular weight excluding hydrogens is 354 g/mol. The molecule has 0 unspecified atom stereocenters. The Balaban J connectivity index is 0.00000242. The van der Waals surface area contributed by atoms with E-state index in [1.165, 1.54) is 18.2 Å². The van der Waals surface area contributed by atoms with Crippen LogP contribution in [0.1, 0.15) is 31.3 Å². The second-order valence-corrected chi connectivity index (χ2v) is 4.28. The Morgan fingerprint density at radius 1 is 0.818 bits per heavy atom. The van der Waals surface area contributed by atoms with Crippen LogP contribution in [0.3, 0.4) is 0 Å². The number of Topliss-reactive ketones (excluding diaryl/α,β-unsaturated/α-hetero) is 1. The van der Waals surface area contributed by atoms with Gasteiger partial charge >= 0.3 is 11.9 Å². The van der Waals surface area contributed by atoms with E-state index >= 15 is 0 Å². The normalized spacial score (nSPS) is 9.64. The lowest BCUT2D eigenvalue weighted by molar-refractivity contribution is -0.688. The van der Waals surface area contributed by atoms with Crippen LogP contribution < -0.4 is 21.5 Å². The summed E-state index contributed by atoms with van der Waals surface area (Å²) < 4.78 is 0.986. The van der Waals surface area contributed by atoms with E-state index in [1.54, 1.807) is 30.3 Å². The zero-order chi connectivity index (χ0) is 15.4. The summed E-state index contributed by atoms with van der Waals surface area (Å²) in [5.74, 6) is -2.95. The van der Waals surface area contributed by atoms with E-state index in [0.29, 0.717) is 5.56 Å². The first-order chi connectivity index (χ1) is 10.0. The molecule has 0 atom stereocenters.